The monoisotopic (exact) mass is 392 g/mol. The fraction of sp³-hybridized carbons (Fsp3) is 0.238. The van der Waals surface area contributed by atoms with E-state index < -0.39 is 5.97 Å². The van der Waals surface area contributed by atoms with Crippen LogP contribution >= 0.6 is 11.6 Å². The van der Waals surface area contributed by atoms with Crippen molar-refractivity contribution in [2.75, 3.05) is 12.0 Å². The largest absolute Gasteiger partial charge is 0.465 e. The van der Waals surface area contributed by atoms with Crippen LogP contribution in [-0.4, -0.2) is 25.0 Å². The molecule has 140 valence electrons. The van der Waals surface area contributed by atoms with Gasteiger partial charge in [-0.2, -0.15) is 5.11 Å². The van der Waals surface area contributed by atoms with Crippen molar-refractivity contribution in [2.45, 2.75) is 19.0 Å². The van der Waals surface area contributed by atoms with E-state index in [-0.39, 0.29) is 6.17 Å². The van der Waals surface area contributed by atoms with Crippen LogP contribution in [0.4, 0.5) is 5.69 Å². The molecular weight excluding hydrogens is 376 g/mol. The fourth-order valence-electron chi connectivity index (χ4n) is 3.65. The number of carbonyl (C=O) groups excluding carboxylic acids is 1. The number of carbonyl (C=O) groups is 1. The maximum Gasteiger partial charge on any atom is 0.337 e. The summed E-state index contributed by atoms with van der Waals surface area (Å²) in [5, 5.41) is 9.43. The molecule has 2 aliphatic heterocycles. The molecule has 2 heterocycles. The Kier molecular flexibility index (Phi) is 4.02. The van der Waals surface area contributed by atoms with E-state index in [4.69, 9.17) is 21.3 Å². The predicted molar refractivity (Wildman–Crippen MR) is 107 cm³/mol. The zero-order valence-electron chi connectivity index (χ0n) is 15.2. The van der Waals surface area contributed by atoms with Crippen molar-refractivity contribution in [3.05, 3.63) is 76.2 Å². The van der Waals surface area contributed by atoms with Crippen molar-refractivity contribution in [2.24, 2.45) is 21.1 Å². The molecule has 0 amide bonds. The minimum atomic E-state index is -0.395. The molecule has 3 aliphatic rings. The molecule has 2 aromatic carbocycles. The van der Waals surface area contributed by atoms with Gasteiger partial charge in [-0.3, -0.25) is 9.89 Å². The summed E-state index contributed by atoms with van der Waals surface area (Å²) in [7, 11) is 1.37. The average Bonchev–Trinajstić information content (AvgIpc) is 3.50. The third kappa shape index (κ3) is 2.72. The summed E-state index contributed by atoms with van der Waals surface area (Å²) in [6, 6.07) is 13.0. The minimum Gasteiger partial charge on any atom is -0.465 e. The maximum atomic E-state index is 12.2. The highest BCUT2D eigenvalue weighted by Crippen LogP contribution is 2.45. The summed E-state index contributed by atoms with van der Waals surface area (Å²) in [6.07, 6.45) is 3.97. The van der Waals surface area contributed by atoms with Crippen molar-refractivity contribution in [3.63, 3.8) is 0 Å². The second-order valence-corrected chi connectivity index (χ2v) is 7.41. The highest BCUT2D eigenvalue weighted by atomic mass is 35.5. The van der Waals surface area contributed by atoms with E-state index in [1.165, 1.54) is 7.11 Å². The van der Waals surface area contributed by atoms with Crippen LogP contribution in [-0.2, 0) is 4.74 Å². The van der Waals surface area contributed by atoms with E-state index in [2.05, 4.69) is 15.1 Å². The molecule has 5 rings (SSSR count). The van der Waals surface area contributed by atoms with Crippen LogP contribution in [0.5, 0.6) is 0 Å². The van der Waals surface area contributed by atoms with Crippen molar-refractivity contribution in [1.29, 1.82) is 0 Å². The molecule has 1 atom stereocenters. The highest BCUT2D eigenvalue weighted by molar-refractivity contribution is 6.36. The van der Waals surface area contributed by atoms with E-state index in [1.54, 1.807) is 12.3 Å². The number of halogens is 1. The van der Waals surface area contributed by atoms with Crippen LogP contribution in [0.15, 0.2) is 69.7 Å². The SMILES string of the molecule is COC(=O)c1ccc2c(c1)C(c1ccccc1Cl)=NC=C1N=NC(C3CC3)N12. The van der Waals surface area contributed by atoms with E-state index in [0.717, 1.165) is 29.7 Å². The number of esters is 1. The first-order valence-corrected chi connectivity index (χ1v) is 9.51. The number of ether oxygens (including phenoxy) is 1. The van der Waals surface area contributed by atoms with Gasteiger partial charge < -0.3 is 4.74 Å². The summed E-state index contributed by atoms with van der Waals surface area (Å²) in [6.45, 7) is 0. The lowest BCUT2D eigenvalue weighted by Gasteiger charge is -2.26. The van der Waals surface area contributed by atoms with Gasteiger partial charge in [0.1, 0.15) is 0 Å². The topological polar surface area (TPSA) is 66.6 Å². The van der Waals surface area contributed by atoms with Crippen LogP contribution in [0.2, 0.25) is 5.02 Å². The number of anilines is 1. The molecule has 0 saturated heterocycles. The lowest BCUT2D eigenvalue weighted by molar-refractivity contribution is 0.0600. The van der Waals surface area contributed by atoms with Gasteiger partial charge in [0.25, 0.3) is 0 Å². The van der Waals surface area contributed by atoms with Crippen LogP contribution in [0.3, 0.4) is 0 Å². The lowest BCUT2D eigenvalue weighted by Crippen LogP contribution is -2.31. The molecule has 0 radical (unpaired) electrons. The Labute approximate surface area is 167 Å². The molecular formula is C21H17ClN4O2. The first kappa shape index (κ1) is 17.1. The summed E-state index contributed by atoms with van der Waals surface area (Å²) < 4.78 is 4.91. The van der Waals surface area contributed by atoms with Gasteiger partial charge in [0, 0.05) is 22.1 Å². The first-order valence-electron chi connectivity index (χ1n) is 9.13. The van der Waals surface area contributed by atoms with E-state index in [9.17, 15) is 4.79 Å². The van der Waals surface area contributed by atoms with Gasteiger partial charge in [-0.15, -0.1) is 5.11 Å². The minimum absolute atomic E-state index is 0.0326. The Balaban J connectivity index is 1.72. The quantitative estimate of drug-likeness (QED) is 0.705. The third-order valence-electron chi connectivity index (χ3n) is 5.20. The van der Waals surface area contributed by atoms with Crippen LogP contribution < -0.4 is 4.90 Å². The van der Waals surface area contributed by atoms with Crippen LogP contribution in [0.25, 0.3) is 0 Å². The van der Waals surface area contributed by atoms with Crippen LogP contribution in [0.1, 0.15) is 34.3 Å². The predicted octanol–water partition coefficient (Wildman–Crippen LogP) is 4.78. The summed E-state index contributed by atoms with van der Waals surface area (Å²) in [4.78, 5) is 19.0. The third-order valence-corrected chi connectivity index (χ3v) is 5.53. The van der Waals surface area contributed by atoms with Gasteiger partial charge >= 0.3 is 5.97 Å². The summed E-state index contributed by atoms with van der Waals surface area (Å²) in [5.41, 5.74) is 3.67. The first-order chi connectivity index (χ1) is 13.7. The highest BCUT2D eigenvalue weighted by Gasteiger charge is 2.42. The number of rotatable bonds is 3. The number of nitrogens with zero attached hydrogens (tertiary/aromatic N) is 4. The van der Waals surface area contributed by atoms with Gasteiger partial charge in [-0.1, -0.05) is 29.8 Å². The van der Waals surface area contributed by atoms with Crippen molar-refractivity contribution >= 4 is 29.0 Å². The molecule has 1 aliphatic carbocycles. The molecule has 1 unspecified atom stereocenters. The molecule has 2 aromatic rings. The number of benzene rings is 2. The number of fused-ring (bicyclic) bond motifs is 3. The Morgan fingerprint density at radius 3 is 2.75 bits per heavy atom. The molecule has 1 saturated carbocycles. The summed E-state index contributed by atoms with van der Waals surface area (Å²) >= 11 is 6.47. The Bertz CT molecular complexity index is 1070. The van der Waals surface area contributed by atoms with Gasteiger partial charge in [0.2, 0.25) is 0 Å². The van der Waals surface area contributed by atoms with Crippen molar-refractivity contribution in [3.8, 4) is 0 Å². The molecule has 7 heteroatoms. The lowest BCUT2D eigenvalue weighted by atomic mass is 9.97. The van der Waals surface area contributed by atoms with E-state index in [0.29, 0.717) is 28.0 Å². The number of azo groups is 1. The number of methoxy groups -OCH3 is 1. The van der Waals surface area contributed by atoms with Crippen molar-refractivity contribution < 1.29 is 9.53 Å². The normalized spacial score (nSPS) is 20.1. The van der Waals surface area contributed by atoms with E-state index in [1.807, 2.05) is 36.4 Å². The molecule has 28 heavy (non-hydrogen) atoms. The maximum absolute atomic E-state index is 12.2. The number of aliphatic imine (C=N–C) groups is 1. The second kappa shape index (κ2) is 6.56. The number of hydrogen-bond acceptors (Lipinski definition) is 6. The molecule has 0 spiro atoms. The van der Waals surface area contributed by atoms with Gasteiger partial charge in [0.15, 0.2) is 12.0 Å². The molecule has 1 fully saturated rings. The fourth-order valence-corrected chi connectivity index (χ4v) is 3.87. The van der Waals surface area contributed by atoms with Crippen LogP contribution in [0, 0.1) is 5.92 Å². The molecule has 0 N–H and O–H groups in total. The standard InChI is InChI=1S/C21H17ClN4O2/c1-28-21(27)13-8-9-17-15(10-13)19(14-4-2-3-5-16(14)22)23-11-18-24-25-20(26(17)18)12-6-7-12/h2-5,8-12,20H,6-7H2,1H3. The zero-order chi connectivity index (χ0) is 19.3. The smallest absolute Gasteiger partial charge is 0.337 e. The number of hydrogen-bond donors (Lipinski definition) is 0. The Hall–Kier alpha value is -2.99. The zero-order valence-corrected chi connectivity index (χ0v) is 15.9. The summed E-state index contributed by atoms with van der Waals surface area (Å²) in [5.74, 6) is 0.795. The second-order valence-electron chi connectivity index (χ2n) is 7.00. The van der Waals surface area contributed by atoms with Gasteiger partial charge in [-0.25, -0.2) is 4.79 Å². The van der Waals surface area contributed by atoms with Gasteiger partial charge in [0.05, 0.1) is 30.3 Å². The van der Waals surface area contributed by atoms with Gasteiger partial charge in [-0.05, 0) is 37.1 Å². The molecule has 0 aromatic heterocycles. The average molecular weight is 393 g/mol. The Morgan fingerprint density at radius 1 is 1.18 bits per heavy atom. The van der Waals surface area contributed by atoms with E-state index >= 15 is 0 Å². The van der Waals surface area contributed by atoms with Crippen molar-refractivity contribution in [1.82, 2.24) is 0 Å². The molecule has 0 bridgehead atoms. The Morgan fingerprint density at radius 2 is 2.00 bits per heavy atom. The molecule has 6 nitrogen and oxygen atoms in total.